The number of fused-ring (bicyclic) bond motifs is 1. The Balaban J connectivity index is 1.86. The highest BCUT2D eigenvalue weighted by atomic mass is 16.5. The van der Waals surface area contributed by atoms with Crippen molar-refractivity contribution in [3.05, 3.63) is 83.2 Å². The summed E-state index contributed by atoms with van der Waals surface area (Å²) in [6.07, 6.45) is 1.93. The van der Waals surface area contributed by atoms with Crippen LogP contribution in [0.1, 0.15) is 27.2 Å². The number of amides is 1. The van der Waals surface area contributed by atoms with Crippen LogP contribution in [0.2, 0.25) is 0 Å². The molecule has 0 aliphatic heterocycles. The molecule has 0 aliphatic carbocycles. The quantitative estimate of drug-likeness (QED) is 0.526. The van der Waals surface area contributed by atoms with Crippen LogP contribution < -0.4 is 10.1 Å². The monoisotopic (exact) mass is 385 g/mol. The van der Waals surface area contributed by atoms with Gasteiger partial charge in [-0.15, -0.1) is 0 Å². The number of aromatic nitrogens is 2. The molecule has 0 saturated heterocycles. The Morgan fingerprint density at radius 1 is 0.931 bits per heavy atom. The fourth-order valence-corrected chi connectivity index (χ4v) is 3.38. The largest absolute Gasteiger partial charge is 0.495 e. The zero-order chi connectivity index (χ0) is 20.5. The lowest BCUT2D eigenvalue weighted by molar-refractivity contribution is 0.102. The molecule has 0 atom stereocenters. The van der Waals surface area contributed by atoms with E-state index in [1.54, 1.807) is 7.11 Å². The highest BCUT2D eigenvalue weighted by molar-refractivity contribution is 6.08. The molecule has 0 spiro atoms. The lowest BCUT2D eigenvalue weighted by atomic mass is 10.1. The number of carbonyl (C=O) groups is 1. The SMILES string of the molecule is COc1ccc(C)cc1NC(=O)c1c(-c2ccc(C)cc2)nc2ccc(C)cn12. The number of anilines is 1. The maximum absolute atomic E-state index is 13.4. The van der Waals surface area contributed by atoms with Crippen molar-refractivity contribution < 1.29 is 9.53 Å². The number of methoxy groups -OCH3 is 1. The minimum Gasteiger partial charge on any atom is -0.495 e. The van der Waals surface area contributed by atoms with Crippen LogP contribution in [0.3, 0.4) is 0 Å². The molecule has 0 radical (unpaired) electrons. The number of hydrogen-bond acceptors (Lipinski definition) is 3. The summed E-state index contributed by atoms with van der Waals surface area (Å²) in [5.41, 5.74) is 6.65. The standard InChI is InChI=1S/C24H23N3O2/c1-15-5-9-18(10-6-15)22-23(27-14-17(3)8-12-21(27)26-22)24(28)25-19-13-16(2)7-11-20(19)29-4/h5-14H,1-4H3,(H,25,28). The van der Waals surface area contributed by atoms with Crippen LogP contribution in [0.5, 0.6) is 5.75 Å². The molecule has 5 nitrogen and oxygen atoms in total. The molecule has 0 aliphatic rings. The number of hydrogen-bond donors (Lipinski definition) is 1. The zero-order valence-corrected chi connectivity index (χ0v) is 17.0. The summed E-state index contributed by atoms with van der Waals surface area (Å²) in [5.74, 6) is 0.383. The van der Waals surface area contributed by atoms with Crippen LogP contribution in [-0.2, 0) is 0 Å². The first kappa shape index (κ1) is 18.7. The third kappa shape index (κ3) is 3.59. The Labute approximate surface area is 170 Å². The number of nitrogens with zero attached hydrogens (tertiary/aromatic N) is 2. The Kier molecular flexibility index (Phi) is 4.80. The predicted molar refractivity (Wildman–Crippen MR) is 116 cm³/mol. The molecule has 0 fully saturated rings. The second-order valence-corrected chi connectivity index (χ2v) is 7.27. The van der Waals surface area contributed by atoms with Crippen molar-refractivity contribution in [3.8, 4) is 17.0 Å². The maximum Gasteiger partial charge on any atom is 0.275 e. The van der Waals surface area contributed by atoms with Crippen molar-refractivity contribution in [2.45, 2.75) is 20.8 Å². The normalized spacial score (nSPS) is 10.9. The Morgan fingerprint density at radius 2 is 1.62 bits per heavy atom. The second kappa shape index (κ2) is 7.43. The van der Waals surface area contributed by atoms with E-state index in [0.717, 1.165) is 27.9 Å². The molecule has 4 aromatic rings. The zero-order valence-electron chi connectivity index (χ0n) is 17.0. The van der Waals surface area contributed by atoms with Crippen molar-refractivity contribution in [1.82, 2.24) is 9.38 Å². The van der Waals surface area contributed by atoms with Gasteiger partial charge in [-0.05, 0) is 50.1 Å². The van der Waals surface area contributed by atoms with Gasteiger partial charge < -0.3 is 10.1 Å². The fourth-order valence-electron chi connectivity index (χ4n) is 3.38. The smallest absolute Gasteiger partial charge is 0.275 e. The molecule has 2 heterocycles. The predicted octanol–water partition coefficient (Wildman–Crippen LogP) is 5.19. The summed E-state index contributed by atoms with van der Waals surface area (Å²) >= 11 is 0. The van der Waals surface area contributed by atoms with Crippen molar-refractivity contribution >= 4 is 17.2 Å². The third-order valence-corrected chi connectivity index (χ3v) is 4.91. The van der Waals surface area contributed by atoms with E-state index < -0.39 is 0 Å². The molecular formula is C24H23N3O2. The molecular weight excluding hydrogens is 362 g/mol. The van der Waals surface area contributed by atoms with Gasteiger partial charge in [0, 0.05) is 11.8 Å². The number of aryl methyl sites for hydroxylation is 3. The van der Waals surface area contributed by atoms with Crippen LogP contribution in [0.25, 0.3) is 16.9 Å². The molecule has 5 heteroatoms. The van der Waals surface area contributed by atoms with E-state index in [0.29, 0.717) is 22.8 Å². The number of imidazole rings is 1. The summed E-state index contributed by atoms with van der Waals surface area (Å²) in [6.45, 7) is 6.01. The maximum atomic E-state index is 13.4. The first-order valence-electron chi connectivity index (χ1n) is 9.48. The van der Waals surface area contributed by atoms with Gasteiger partial charge in [0.05, 0.1) is 12.8 Å². The van der Waals surface area contributed by atoms with Crippen molar-refractivity contribution in [2.24, 2.45) is 0 Å². The average molecular weight is 385 g/mol. The summed E-state index contributed by atoms with van der Waals surface area (Å²) in [4.78, 5) is 18.2. The van der Waals surface area contributed by atoms with E-state index >= 15 is 0 Å². The Hall–Kier alpha value is -3.60. The summed E-state index contributed by atoms with van der Waals surface area (Å²) in [7, 11) is 1.59. The minimum atomic E-state index is -0.234. The molecule has 146 valence electrons. The van der Waals surface area contributed by atoms with E-state index in [1.807, 2.05) is 86.0 Å². The summed E-state index contributed by atoms with van der Waals surface area (Å²) in [5, 5.41) is 3.01. The number of nitrogens with one attached hydrogen (secondary N) is 1. The molecule has 29 heavy (non-hydrogen) atoms. The molecule has 2 aromatic carbocycles. The lowest BCUT2D eigenvalue weighted by Gasteiger charge is -2.12. The van der Waals surface area contributed by atoms with Crippen LogP contribution in [0.15, 0.2) is 60.8 Å². The van der Waals surface area contributed by atoms with Crippen LogP contribution in [-0.4, -0.2) is 22.4 Å². The molecule has 0 saturated carbocycles. The van der Waals surface area contributed by atoms with Gasteiger partial charge in [0.25, 0.3) is 5.91 Å². The molecule has 0 bridgehead atoms. The summed E-state index contributed by atoms with van der Waals surface area (Å²) < 4.78 is 7.27. The van der Waals surface area contributed by atoms with Crippen LogP contribution in [0.4, 0.5) is 5.69 Å². The van der Waals surface area contributed by atoms with Gasteiger partial charge in [0.15, 0.2) is 0 Å². The number of rotatable bonds is 4. The van der Waals surface area contributed by atoms with Gasteiger partial charge in [-0.25, -0.2) is 4.98 Å². The summed E-state index contributed by atoms with van der Waals surface area (Å²) in [6, 6.07) is 17.7. The van der Waals surface area contributed by atoms with Gasteiger partial charge in [-0.2, -0.15) is 0 Å². The second-order valence-electron chi connectivity index (χ2n) is 7.27. The average Bonchev–Trinajstić information content (AvgIpc) is 3.07. The molecule has 1 amide bonds. The molecule has 1 N–H and O–H groups in total. The van der Waals surface area contributed by atoms with E-state index in [2.05, 4.69) is 5.32 Å². The number of carbonyl (C=O) groups excluding carboxylic acids is 1. The van der Waals surface area contributed by atoms with E-state index in [9.17, 15) is 4.79 Å². The molecule has 2 aromatic heterocycles. The number of benzene rings is 2. The Morgan fingerprint density at radius 3 is 2.34 bits per heavy atom. The number of pyridine rings is 1. The van der Waals surface area contributed by atoms with Crippen LogP contribution >= 0.6 is 0 Å². The molecule has 4 rings (SSSR count). The highest BCUT2D eigenvalue weighted by Gasteiger charge is 2.22. The minimum absolute atomic E-state index is 0.234. The topological polar surface area (TPSA) is 55.6 Å². The van der Waals surface area contributed by atoms with Crippen molar-refractivity contribution in [2.75, 3.05) is 12.4 Å². The van der Waals surface area contributed by atoms with Crippen molar-refractivity contribution in [1.29, 1.82) is 0 Å². The van der Waals surface area contributed by atoms with Gasteiger partial charge in [-0.1, -0.05) is 42.0 Å². The highest BCUT2D eigenvalue weighted by Crippen LogP contribution is 2.29. The lowest BCUT2D eigenvalue weighted by Crippen LogP contribution is -2.16. The van der Waals surface area contributed by atoms with E-state index in [-0.39, 0.29) is 5.91 Å². The van der Waals surface area contributed by atoms with Crippen molar-refractivity contribution in [3.63, 3.8) is 0 Å². The third-order valence-electron chi connectivity index (χ3n) is 4.91. The van der Waals surface area contributed by atoms with Gasteiger partial charge in [0.1, 0.15) is 22.8 Å². The van der Waals surface area contributed by atoms with Gasteiger partial charge in [-0.3, -0.25) is 9.20 Å². The molecule has 0 unspecified atom stereocenters. The Bertz CT molecular complexity index is 1210. The number of ether oxygens (including phenoxy) is 1. The van der Waals surface area contributed by atoms with E-state index in [4.69, 9.17) is 9.72 Å². The fraction of sp³-hybridized carbons (Fsp3) is 0.167. The van der Waals surface area contributed by atoms with Gasteiger partial charge in [0.2, 0.25) is 0 Å². The van der Waals surface area contributed by atoms with E-state index in [1.165, 1.54) is 0 Å². The van der Waals surface area contributed by atoms with Crippen LogP contribution in [0, 0.1) is 20.8 Å². The first-order valence-corrected chi connectivity index (χ1v) is 9.48. The first-order chi connectivity index (χ1) is 14.0. The van der Waals surface area contributed by atoms with Gasteiger partial charge >= 0.3 is 0 Å².